The van der Waals surface area contributed by atoms with Crippen LogP contribution in [0.1, 0.15) is 32.8 Å². The molecule has 2 rings (SSSR count). The molecule has 0 saturated carbocycles. The second kappa shape index (κ2) is 8.24. The Morgan fingerprint density at radius 2 is 1.96 bits per heavy atom. The minimum Gasteiger partial charge on any atom is -0.497 e. The number of methoxy groups -OCH3 is 1. The van der Waals surface area contributed by atoms with Gasteiger partial charge in [0, 0.05) is 36.6 Å². The molecule has 0 amide bonds. The maximum atomic E-state index is 13.2. The lowest BCUT2D eigenvalue weighted by molar-refractivity contribution is 0.00460. The fourth-order valence-electron chi connectivity index (χ4n) is 2.61. The molecule has 1 heterocycles. The van der Waals surface area contributed by atoms with Gasteiger partial charge in [0.1, 0.15) is 24.2 Å². The quantitative estimate of drug-likeness (QED) is 0.785. The highest BCUT2D eigenvalue weighted by atomic mass is 19.3. The maximum Gasteiger partial charge on any atom is 0.261 e. The van der Waals surface area contributed by atoms with Crippen molar-refractivity contribution in [3.8, 4) is 23.3 Å². The Hall–Kier alpha value is -1.84. The topological polar surface area (TPSA) is 41.9 Å². The monoisotopic (exact) mass is 367 g/mol. The molecule has 0 bridgehead atoms. The number of aliphatic hydroxyl groups excluding tert-OH is 1. The highest BCUT2D eigenvalue weighted by Crippen LogP contribution is 2.27. The third-order valence-corrected chi connectivity index (χ3v) is 3.86. The van der Waals surface area contributed by atoms with Crippen LogP contribution in [0.15, 0.2) is 18.2 Å². The Morgan fingerprint density at radius 1 is 1.27 bits per heavy atom. The van der Waals surface area contributed by atoms with Crippen LogP contribution in [0.25, 0.3) is 0 Å². The van der Waals surface area contributed by atoms with Crippen molar-refractivity contribution in [3.63, 3.8) is 0 Å². The summed E-state index contributed by atoms with van der Waals surface area (Å²) in [5.74, 6) is 4.71. The molecule has 1 unspecified atom stereocenters. The molecule has 0 radical (unpaired) electrons. The number of ether oxygens (including phenoxy) is 2. The summed E-state index contributed by atoms with van der Waals surface area (Å²) < 4.78 is 37.3. The summed E-state index contributed by atoms with van der Waals surface area (Å²) in [6.07, 6.45) is -1.01. The van der Waals surface area contributed by atoms with Crippen molar-refractivity contribution >= 4 is 0 Å². The molecule has 1 atom stereocenters. The average molecular weight is 367 g/mol. The Balaban J connectivity index is 1.96. The van der Waals surface area contributed by atoms with Crippen molar-refractivity contribution < 1.29 is 23.4 Å². The standard InChI is InChI=1S/C20H27F2NO3/c1-19(2,3)6-5-15-9-17(25-4)11-18(10-15)26-13-16(24)12-23-8-7-20(21,22)14-23/h9-11,16,24H,7-8,12-14H2,1-4H3. The highest BCUT2D eigenvalue weighted by Gasteiger charge is 2.38. The number of aliphatic hydroxyl groups is 1. The predicted octanol–water partition coefficient (Wildman–Crippen LogP) is 3.17. The van der Waals surface area contributed by atoms with Gasteiger partial charge in [-0.1, -0.05) is 11.8 Å². The first-order valence-electron chi connectivity index (χ1n) is 8.70. The average Bonchev–Trinajstić information content (AvgIpc) is 2.88. The van der Waals surface area contributed by atoms with Crippen LogP contribution >= 0.6 is 0 Å². The second-order valence-corrected chi connectivity index (χ2v) is 7.70. The van der Waals surface area contributed by atoms with Crippen molar-refractivity contribution in [1.82, 2.24) is 4.90 Å². The van der Waals surface area contributed by atoms with Crippen LogP contribution in [0, 0.1) is 17.3 Å². The van der Waals surface area contributed by atoms with E-state index in [1.165, 1.54) is 0 Å². The van der Waals surface area contributed by atoms with Crippen molar-refractivity contribution in [2.75, 3.05) is 33.4 Å². The zero-order valence-corrected chi connectivity index (χ0v) is 15.8. The predicted molar refractivity (Wildman–Crippen MR) is 96.8 cm³/mol. The van der Waals surface area contributed by atoms with Crippen LogP contribution in [0.3, 0.4) is 0 Å². The highest BCUT2D eigenvalue weighted by molar-refractivity contribution is 5.46. The van der Waals surface area contributed by atoms with Gasteiger partial charge in [0.25, 0.3) is 5.92 Å². The van der Waals surface area contributed by atoms with Gasteiger partial charge >= 0.3 is 0 Å². The SMILES string of the molecule is COc1cc(C#CC(C)(C)C)cc(OCC(O)CN2CCC(F)(F)C2)c1. The molecule has 4 nitrogen and oxygen atoms in total. The lowest BCUT2D eigenvalue weighted by Crippen LogP contribution is -2.35. The van der Waals surface area contributed by atoms with Crippen LogP contribution in [-0.4, -0.2) is 55.4 Å². The third-order valence-electron chi connectivity index (χ3n) is 3.86. The largest absolute Gasteiger partial charge is 0.497 e. The van der Waals surface area contributed by atoms with E-state index in [4.69, 9.17) is 9.47 Å². The first-order valence-corrected chi connectivity index (χ1v) is 8.70. The molecule has 0 spiro atoms. The molecule has 1 saturated heterocycles. The minimum atomic E-state index is -2.66. The molecular formula is C20H27F2NO3. The molecule has 1 aliphatic heterocycles. The van der Waals surface area contributed by atoms with Crippen LogP contribution in [0.2, 0.25) is 0 Å². The van der Waals surface area contributed by atoms with Crippen molar-refractivity contribution in [2.45, 2.75) is 39.2 Å². The number of nitrogens with zero attached hydrogens (tertiary/aromatic N) is 1. The maximum absolute atomic E-state index is 13.2. The molecule has 144 valence electrons. The van der Waals surface area contributed by atoms with Gasteiger partial charge in [-0.15, -0.1) is 0 Å². The van der Waals surface area contributed by atoms with Gasteiger partial charge in [0.15, 0.2) is 0 Å². The molecule has 1 aromatic carbocycles. The van der Waals surface area contributed by atoms with Crippen LogP contribution in [-0.2, 0) is 0 Å². The van der Waals surface area contributed by atoms with E-state index < -0.39 is 12.0 Å². The van der Waals surface area contributed by atoms with E-state index in [1.807, 2.05) is 26.8 Å². The van der Waals surface area contributed by atoms with Crippen molar-refractivity contribution in [3.05, 3.63) is 23.8 Å². The Kier molecular flexibility index (Phi) is 6.48. The molecule has 0 aliphatic carbocycles. The second-order valence-electron chi connectivity index (χ2n) is 7.70. The first kappa shape index (κ1) is 20.5. The summed E-state index contributed by atoms with van der Waals surface area (Å²) in [6.45, 7) is 6.23. The van der Waals surface area contributed by atoms with Gasteiger partial charge in [0.2, 0.25) is 0 Å². The fourth-order valence-corrected chi connectivity index (χ4v) is 2.61. The van der Waals surface area contributed by atoms with Gasteiger partial charge in [-0.25, -0.2) is 8.78 Å². The number of alkyl halides is 2. The summed E-state index contributed by atoms with van der Waals surface area (Å²) in [5, 5.41) is 10.1. The molecular weight excluding hydrogens is 340 g/mol. The van der Waals surface area contributed by atoms with E-state index in [0.29, 0.717) is 11.5 Å². The van der Waals surface area contributed by atoms with Gasteiger partial charge < -0.3 is 14.6 Å². The van der Waals surface area contributed by atoms with Crippen molar-refractivity contribution in [1.29, 1.82) is 0 Å². The Labute approximate surface area is 154 Å². The zero-order valence-electron chi connectivity index (χ0n) is 15.8. The smallest absolute Gasteiger partial charge is 0.261 e. The van der Waals surface area contributed by atoms with E-state index in [9.17, 15) is 13.9 Å². The van der Waals surface area contributed by atoms with Gasteiger partial charge in [-0.3, -0.25) is 4.90 Å². The van der Waals surface area contributed by atoms with Gasteiger partial charge in [-0.2, -0.15) is 0 Å². The van der Waals surface area contributed by atoms with Gasteiger partial charge in [-0.05, 0) is 32.9 Å². The van der Waals surface area contributed by atoms with E-state index in [2.05, 4.69) is 11.8 Å². The third kappa shape index (κ3) is 6.81. The normalized spacial score (nSPS) is 18.1. The molecule has 1 aliphatic rings. The van der Waals surface area contributed by atoms with E-state index in [1.54, 1.807) is 24.1 Å². The van der Waals surface area contributed by atoms with Crippen LogP contribution in [0.5, 0.6) is 11.5 Å². The van der Waals surface area contributed by atoms with Crippen LogP contribution < -0.4 is 9.47 Å². The summed E-state index contributed by atoms with van der Waals surface area (Å²) in [5.41, 5.74) is 0.626. The Morgan fingerprint density at radius 3 is 2.54 bits per heavy atom. The number of benzene rings is 1. The summed E-state index contributed by atoms with van der Waals surface area (Å²) >= 11 is 0. The van der Waals surface area contributed by atoms with E-state index in [0.717, 1.165) is 5.56 Å². The molecule has 1 aromatic rings. The molecule has 6 heteroatoms. The van der Waals surface area contributed by atoms with Gasteiger partial charge in [0.05, 0.1) is 13.7 Å². The number of β-amino-alcohol motifs (C(OH)–C–C–N with tert-alkyl or cyclic N) is 1. The Bertz CT molecular complexity index is 674. The number of halogens is 2. The summed E-state index contributed by atoms with van der Waals surface area (Å²) in [6, 6.07) is 5.30. The molecule has 26 heavy (non-hydrogen) atoms. The lowest BCUT2D eigenvalue weighted by Gasteiger charge is -2.20. The number of rotatable bonds is 6. The lowest BCUT2D eigenvalue weighted by atomic mass is 9.97. The number of hydrogen-bond acceptors (Lipinski definition) is 4. The first-order chi connectivity index (χ1) is 12.1. The minimum absolute atomic E-state index is 0.0153. The van der Waals surface area contributed by atoms with Crippen LogP contribution in [0.4, 0.5) is 8.78 Å². The summed E-state index contributed by atoms with van der Waals surface area (Å²) in [4.78, 5) is 1.56. The fraction of sp³-hybridized carbons (Fsp3) is 0.600. The summed E-state index contributed by atoms with van der Waals surface area (Å²) in [7, 11) is 1.56. The van der Waals surface area contributed by atoms with E-state index >= 15 is 0 Å². The number of hydrogen-bond donors (Lipinski definition) is 1. The molecule has 1 N–H and O–H groups in total. The molecule has 0 aromatic heterocycles. The van der Waals surface area contributed by atoms with Crippen molar-refractivity contribution in [2.24, 2.45) is 5.41 Å². The zero-order chi connectivity index (χ0) is 19.4. The van der Waals surface area contributed by atoms with E-state index in [-0.39, 0.29) is 38.1 Å². The number of likely N-dealkylation sites (tertiary alicyclic amines) is 1. The molecule has 1 fully saturated rings.